The topological polar surface area (TPSA) is 95.9 Å². The maximum atomic E-state index is 10.9. The average molecular weight is 466 g/mol. The molecule has 2 N–H and O–H groups in total. The highest BCUT2D eigenvalue weighted by Gasteiger charge is 2.33. The molecule has 0 saturated heterocycles. The minimum absolute atomic E-state index is 0.173. The Morgan fingerprint density at radius 3 is 3.03 bits per heavy atom. The van der Waals surface area contributed by atoms with Crippen LogP contribution >= 0.6 is 11.6 Å². The Kier molecular flexibility index (Phi) is 6.06. The second-order valence-corrected chi connectivity index (χ2v) is 9.62. The number of rotatable bonds is 7. The van der Waals surface area contributed by atoms with E-state index in [2.05, 4.69) is 16.4 Å². The first kappa shape index (κ1) is 21.9. The maximum Gasteiger partial charge on any atom is 0.303 e. The Bertz CT molecular complexity index is 1240. The van der Waals surface area contributed by atoms with Crippen molar-refractivity contribution >= 4 is 34.2 Å². The summed E-state index contributed by atoms with van der Waals surface area (Å²) in [5.74, 6) is 0.673. The number of fused-ring (bicyclic) bond motifs is 5. The summed E-state index contributed by atoms with van der Waals surface area (Å²) in [5, 5.41) is 9.87. The first-order valence-electron chi connectivity index (χ1n) is 11.6. The van der Waals surface area contributed by atoms with Crippen molar-refractivity contribution in [3.63, 3.8) is 0 Å². The molecular weight excluding hydrogens is 438 g/mol. The van der Waals surface area contributed by atoms with Gasteiger partial charge in [-0.05, 0) is 68.6 Å². The number of esters is 1. The summed E-state index contributed by atoms with van der Waals surface area (Å²) in [6, 6.07) is 5.79. The lowest BCUT2D eigenvalue weighted by Gasteiger charge is -2.36. The third-order valence-electron chi connectivity index (χ3n) is 6.68. The molecule has 3 aromatic rings. The van der Waals surface area contributed by atoms with Crippen LogP contribution in [-0.2, 0) is 29.1 Å². The number of carbonyl (C=O) groups is 1. The monoisotopic (exact) mass is 465 g/mol. The fraction of sp³-hybridized carbons (Fsp3) is 0.440. The highest BCUT2D eigenvalue weighted by Crippen LogP contribution is 2.47. The Hall–Kier alpha value is -2.93. The van der Waals surface area contributed by atoms with Gasteiger partial charge in [0.1, 0.15) is 12.3 Å². The Balaban J connectivity index is 1.20. The van der Waals surface area contributed by atoms with E-state index in [1.54, 1.807) is 0 Å². The number of unbranched alkanes of at least 4 members (excludes halogenated alkanes) is 1. The van der Waals surface area contributed by atoms with Crippen molar-refractivity contribution in [3.05, 3.63) is 58.0 Å². The summed E-state index contributed by atoms with van der Waals surface area (Å²) in [4.78, 5) is 15.9. The van der Waals surface area contributed by atoms with Crippen LogP contribution in [0.25, 0.3) is 10.9 Å². The van der Waals surface area contributed by atoms with Crippen LogP contribution in [-0.4, -0.2) is 25.9 Å². The molecule has 0 saturated carbocycles. The number of ether oxygens (including phenoxy) is 1. The predicted octanol–water partition coefficient (Wildman–Crippen LogP) is 4.97. The van der Waals surface area contributed by atoms with Crippen LogP contribution in [0.3, 0.4) is 0 Å². The number of benzene rings is 1. The number of carbonyl (C=O) groups excluding carboxylic acids is 1. The van der Waals surface area contributed by atoms with E-state index < -0.39 is 0 Å². The summed E-state index contributed by atoms with van der Waals surface area (Å²) in [6.45, 7) is 2.37. The van der Waals surface area contributed by atoms with Crippen LogP contribution in [0.1, 0.15) is 61.9 Å². The second-order valence-electron chi connectivity index (χ2n) is 9.18. The Morgan fingerprint density at radius 1 is 1.30 bits per heavy atom. The zero-order valence-corrected chi connectivity index (χ0v) is 19.5. The van der Waals surface area contributed by atoms with Crippen LogP contribution < -0.4 is 5.73 Å². The number of aryl methyl sites for hydroxylation is 1. The van der Waals surface area contributed by atoms with E-state index in [-0.39, 0.29) is 12.6 Å². The van der Waals surface area contributed by atoms with Gasteiger partial charge in [0.25, 0.3) is 0 Å². The molecule has 8 heteroatoms. The van der Waals surface area contributed by atoms with Gasteiger partial charge in [-0.3, -0.25) is 14.5 Å². The molecule has 172 valence electrons. The summed E-state index contributed by atoms with van der Waals surface area (Å²) in [6.07, 6.45) is 10.7. The number of hydrogen-bond donors (Lipinski definition) is 1. The molecule has 0 amide bonds. The summed E-state index contributed by atoms with van der Waals surface area (Å²) in [7, 11) is 0. The van der Waals surface area contributed by atoms with E-state index in [0.717, 1.165) is 67.4 Å². The van der Waals surface area contributed by atoms with Gasteiger partial charge in [-0.1, -0.05) is 28.5 Å². The number of halogens is 1. The number of allylic oxidation sites excluding steroid dienone is 2. The largest absolute Gasteiger partial charge is 0.459 e. The molecule has 2 aromatic heterocycles. The molecule has 7 nitrogen and oxygen atoms in total. The zero-order valence-electron chi connectivity index (χ0n) is 18.8. The van der Waals surface area contributed by atoms with Gasteiger partial charge in [-0.15, -0.1) is 5.10 Å². The van der Waals surface area contributed by atoms with Gasteiger partial charge in [0.2, 0.25) is 0 Å². The van der Waals surface area contributed by atoms with Gasteiger partial charge in [0, 0.05) is 40.8 Å². The van der Waals surface area contributed by atoms with Crippen molar-refractivity contribution in [2.24, 2.45) is 5.92 Å². The fourth-order valence-electron chi connectivity index (χ4n) is 5.29. The Labute approximate surface area is 198 Å². The van der Waals surface area contributed by atoms with Gasteiger partial charge in [0.05, 0.1) is 11.7 Å². The molecule has 2 heterocycles. The van der Waals surface area contributed by atoms with Crippen LogP contribution in [0.4, 0.5) is 5.69 Å². The molecule has 1 aromatic carbocycles. The molecule has 2 aliphatic rings. The van der Waals surface area contributed by atoms with Gasteiger partial charge >= 0.3 is 5.97 Å². The summed E-state index contributed by atoms with van der Waals surface area (Å²) < 4.78 is 6.79. The normalized spacial score (nSPS) is 19.3. The standard InChI is InChI=1S/C25H28ClN5O2/c1-15(32)33-14-20-13-31(30-29-20)7-3-2-4-16-8-17-10-18(9-16)24-23(11-17)28-22-12-19(26)5-6-21(22)25(24)27/h5-6,8,12-13,17-18H,2-4,7,9-11,14H2,1H3,(H2,27,28). The number of nitrogens with two attached hydrogens (primary N) is 1. The third-order valence-corrected chi connectivity index (χ3v) is 6.92. The van der Waals surface area contributed by atoms with Gasteiger partial charge in [0.15, 0.2) is 0 Å². The number of nitrogens with zero attached hydrogens (tertiary/aromatic N) is 4. The number of pyridine rings is 1. The molecule has 2 atom stereocenters. The smallest absolute Gasteiger partial charge is 0.303 e. The van der Waals surface area contributed by atoms with E-state index in [4.69, 9.17) is 27.1 Å². The molecule has 0 radical (unpaired) electrons. The van der Waals surface area contributed by atoms with E-state index in [9.17, 15) is 4.79 Å². The van der Waals surface area contributed by atoms with Gasteiger partial charge in [-0.25, -0.2) is 0 Å². The first-order valence-corrected chi connectivity index (χ1v) is 11.9. The maximum absolute atomic E-state index is 10.9. The summed E-state index contributed by atoms with van der Waals surface area (Å²) >= 11 is 6.18. The minimum atomic E-state index is -0.312. The molecule has 2 unspecified atom stereocenters. The van der Waals surface area contributed by atoms with Gasteiger partial charge < -0.3 is 10.5 Å². The SMILES string of the molecule is CC(=O)OCc1cn(CCCCC2=CC3Cc4nc5cc(Cl)ccc5c(N)c4C(C2)C3)nn1. The lowest BCUT2D eigenvalue weighted by Crippen LogP contribution is -2.24. The molecule has 2 aliphatic carbocycles. The number of anilines is 1. The molecule has 33 heavy (non-hydrogen) atoms. The third kappa shape index (κ3) is 4.74. The highest BCUT2D eigenvalue weighted by molar-refractivity contribution is 6.31. The van der Waals surface area contributed by atoms with E-state index in [1.165, 1.54) is 18.1 Å². The molecule has 2 bridgehead atoms. The van der Waals surface area contributed by atoms with Crippen molar-refractivity contribution in [2.75, 3.05) is 5.73 Å². The lowest BCUT2D eigenvalue weighted by molar-refractivity contribution is -0.142. The van der Waals surface area contributed by atoms with E-state index >= 15 is 0 Å². The van der Waals surface area contributed by atoms with Crippen molar-refractivity contribution in [2.45, 2.75) is 64.5 Å². The molecule has 0 spiro atoms. The summed E-state index contributed by atoms with van der Waals surface area (Å²) in [5.41, 5.74) is 13.0. The molecule has 0 fully saturated rings. The van der Waals surface area contributed by atoms with E-state index in [0.29, 0.717) is 22.6 Å². The highest BCUT2D eigenvalue weighted by atomic mass is 35.5. The van der Waals surface area contributed by atoms with Crippen molar-refractivity contribution in [3.8, 4) is 0 Å². The van der Waals surface area contributed by atoms with Crippen LogP contribution in [0.5, 0.6) is 0 Å². The van der Waals surface area contributed by atoms with Crippen LogP contribution in [0, 0.1) is 5.92 Å². The molecule has 0 aliphatic heterocycles. The number of aromatic nitrogens is 4. The number of hydrogen-bond acceptors (Lipinski definition) is 6. The first-order chi connectivity index (χ1) is 16.0. The van der Waals surface area contributed by atoms with Crippen LogP contribution in [0.15, 0.2) is 36.0 Å². The zero-order chi connectivity index (χ0) is 22.9. The quantitative estimate of drug-likeness (QED) is 0.300. The predicted molar refractivity (Wildman–Crippen MR) is 128 cm³/mol. The molecular formula is C25H28ClN5O2. The average Bonchev–Trinajstić information content (AvgIpc) is 3.22. The van der Waals surface area contributed by atoms with Crippen molar-refractivity contribution in [1.29, 1.82) is 0 Å². The minimum Gasteiger partial charge on any atom is -0.459 e. The lowest BCUT2D eigenvalue weighted by atomic mass is 9.70. The fourth-order valence-corrected chi connectivity index (χ4v) is 5.45. The second kappa shape index (κ2) is 9.14. The van der Waals surface area contributed by atoms with Crippen molar-refractivity contribution < 1.29 is 9.53 Å². The van der Waals surface area contributed by atoms with E-state index in [1.807, 2.05) is 29.1 Å². The molecule has 5 rings (SSSR count). The number of nitrogen functional groups attached to an aromatic ring is 1. The van der Waals surface area contributed by atoms with Gasteiger partial charge in [-0.2, -0.15) is 0 Å². The van der Waals surface area contributed by atoms with Crippen LogP contribution in [0.2, 0.25) is 5.02 Å². The Morgan fingerprint density at radius 2 is 2.18 bits per heavy atom. The van der Waals surface area contributed by atoms with Crippen molar-refractivity contribution in [1.82, 2.24) is 20.0 Å².